The molecule has 0 aliphatic heterocycles. The van der Waals surface area contributed by atoms with Crippen molar-refractivity contribution in [1.29, 1.82) is 0 Å². The number of hydrogen-bond donors (Lipinski definition) is 0. The van der Waals surface area contributed by atoms with Crippen molar-refractivity contribution in [2.75, 3.05) is 0 Å². The highest BCUT2D eigenvalue weighted by Gasteiger charge is 2.10. The minimum Gasteiger partial charge on any atom is -0.243 e. The van der Waals surface area contributed by atoms with Crippen LogP contribution in [0.2, 0.25) is 5.15 Å². The van der Waals surface area contributed by atoms with Crippen LogP contribution in [0.3, 0.4) is 0 Å². The quantitative estimate of drug-likeness (QED) is 0.648. The maximum absolute atomic E-state index is 6.24. The number of halogens is 1. The van der Waals surface area contributed by atoms with E-state index >= 15 is 0 Å². The third kappa shape index (κ3) is 1.85. The molecule has 0 atom stereocenters. The van der Waals surface area contributed by atoms with Gasteiger partial charge in [-0.3, -0.25) is 0 Å². The van der Waals surface area contributed by atoms with Gasteiger partial charge in [0.15, 0.2) is 5.15 Å². The van der Waals surface area contributed by atoms with Crippen LogP contribution in [-0.4, -0.2) is 9.97 Å². The van der Waals surface area contributed by atoms with E-state index < -0.39 is 0 Å². The van der Waals surface area contributed by atoms with Crippen molar-refractivity contribution < 1.29 is 0 Å². The van der Waals surface area contributed by atoms with Crippen molar-refractivity contribution >= 4 is 22.6 Å². The molecule has 0 aliphatic carbocycles. The average molecular weight is 255 g/mol. The van der Waals surface area contributed by atoms with Crippen molar-refractivity contribution in [2.45, 2.75) is 6.92 Å². The van der Waals surface area contributed by atoms with E-state index in [1.54, 1.807) is 0 Å². The highest BCUT2D eigenvalue weighted by atomic mass is 35.5. The minimum atomic E-state index is 0.447. The topological polar surface area (TPSA) is 25.8 Å². The summed E-state index contributed by atoms with van der Waals surface area (Å²) in [6.07, 6.45) is 0. The SMILES string of the molecule is Cc1ccccc1-c1nc2ccccc2nc1Cl. The van der Waals surface area contributed by atoms with E-state index in [0.29, 0.717) is 5.15 Å². The summed E-state index contributed by atoms with van der Waals surface area (Å²) in [5.74, 6) is 0. The normalized spacial score (nSPS) is 10.8. The molecule has 0 radical (unpaired) electrons. The van der Waals surface area contributed by atoms with Crippen molar-refractivity contribution in [3.05, 3.63) is 59.2 Å². The first-order valence-electron chi connectivity index (χ1n) is 5.74. The molecule has 3 rings (SSSR count). The van der Waals surface area contributed by atoms with Gasteiger partial charge in [-0.2, -0.15) is 0 Å². The molecule has 0 saturated heterocycles. The highest BCUT2D eigenvalue weighted by Crippen LogP contribution is 2.28. The second-order valence-corrected chi connectivity index (χ2v) is 4.52. The van der Waals surface area contributed by atoms with Gasteiger partial charge in [0.1, 0.15) is 5.69 Å². The van der Waals surface area contributed by atoms with Crippen LogP contribution >= 0.6 is 11.6 Å². The first-order valence-corrected chi connectivity index (χ1v) is 6.12. The molecule has 3 heteroatoms. The van der Waals surface area contributed by atoms with Gasteiger partial charge in [0.2, 0.25) is 0 Å². The van der Waals surface area contributed by atoms with Crippen LogP contribution in [0.1, 0.15) is 5.56 Å². The fourth-order valence-corrected chi connectivity index (χ4v) is 2.22. The van der Waals surface area contributed by atoms with E-state index in [-0.39, 0.29) is 0 Å². The van der Waals surface area contributed by atoms with Crippen LogP contribution < -0.4 is 0 Å². The van der Waals surface area contributed by atoms with Gasteiger partial charge in [-0.1, -0.05) is 48.0 Å². The maximum Gasteiger partial charge on any atom is 0.156 e. The van der Waals surface area contributed by atoms with Gasteiger partial charge in [0, 0.05) is 5.56 Å². The van der Waals surface area contributed by atoms with E-state index in [0.717, 1.165) is 27.9 Å². The largest absolute Gasteiger partial charge is 0.243 e. The zero-order valence-corrected chi connectivity index (χ0v) is 10.6. The Morgan fingerprint density at radius 3 is 2.17 bits per heavy atom. The second kappa shape index (κ2) is 4.39. The number of para-hydroxylation sites is 2. The number of aromatic nitrogens is 2. The Hall–Kier alpha value is -1.93. The predicted molar refractivity (Wildman–Crippen MR) is 74.7 cm³/mol. The van der Waals surface area contributed by atoms with E-state index in [9.17, 15) is 0 Å². The van der Waals surface area contributed by atoms with Crippen LogP contribution in [0.25, 0.3) is 22.3 Å². The fourth-order valence-electron chi connectivity index (χ4n) is 1.99. The zero-order chi connectivity index (χ0) is 12.5. The molecule has 0 N–H and O–H groups in total. The van der Waals surface area contributed by atoms with Gasteiger partial charge in [-0.25, -0.2) is 9.97 Å². The van der Waals surface area contributed by atoms with E-state index in [2.05, 4.69) is 9.97 Å². The fraction of sp³-hybridized carbons (Fsp3) is 0.0667. The molecule has 2 aromatic carbocycles. The third-order valence-electron chi connectivity index (χ3n) is 2.93. The van der Waals surface area contributed by atoms with Gasteiger partial charge in [-0.15, -0.1) is 0 Å². The van der Waals surface area contributed by atoms with E-state index in [1.165, 1.54) is 0 Å². The number of benzene rings is 2. The Morgan fingerprint density at radius 1 is 0.833 bits per heavy atom. The smallest absolute Gasteiger partial charge is 0.156 e. The number of hydrogen-bond acceptors (Lipinski definition) is 2. The molecule has 0 amide bonds. The molecule has 2 nitrogen and oxygen atoms in total. The number of fused-ring (bicyclic) bond motifs is 1. The van der Waals surface area contributed by atoms with Gasteiger partial charge in [0.05, 0.1) is 11.0 Å². The van der Waals surface area contributed by atoms with Crippen molar-refractivity contribution in [3.8, 4) is 11.3 Å². The molecule has 88 valence electrons. The Kier molecular flexibility index (Phi) is 2.73. The summed E-state index contributed by atoms with van der Waals surface area (Å²) in [6.45, 7) is 2.04. The molecule has 1 aromatic heterocycles. The Bertz CT molecular complexity index is 723. The summed E-state index contributed by atoms with van der Waals surface area (Å²) in [5.41, 5.74) is 4.60. The highest BCUT2D eigenvalue weighted by molar-refractivity contribution is 6.32. The lowest BCUT2D eigenvalue weighted by molar-refractivity contribution is 1.28. The summed E-state index contributed by atoms with van der Waals surface area (Å²) in [7, 11) is 0. The lowest BCUT2D eigenvalue weighted by Crippen LogP contribution is -1.92. The van der Waals surface area contributed by atoms with Crippen LogP contribution in [0.15, 0.2) is 48.5 Å². The van der Waals surface area contributed by atoms with Crippen molar-refractivity contribution in [3.63, 3.8) is 0 Å². The van der Waals surface area contributed by atoms with Crippen LogP contribution in [-0.2, 0) is 0 Å². The van der Waals surface area contributed by atoms with Crippen LogP contribution in [0.4, 0.5) is 0 Å². The Morgan fingerprint density at radius 2 is 1.44 bits per heavy atom. The van der Waals surface area contributed by atoms with Gasteiger partial charge in [0.25, 0.3) is 0 Å². The lowest BCUT2D eigenvalue weighted by atomic mass is 10.1. The molecule has 1 heterocycles. The summed E-state index contributed by atoms with van der Waals surface area (Å²) in [6, 6.07) is 15.8. The molecule has 0 aliphatic rings. The first kappa shape index (κ1) is 11.2. The standard InChI is InChI=1S/C15H11ClN2/c1-10-6-2-3-7-11(10)14-15(16)18-13-9-5-4-8-12(13)17-14/h2-9H,1H3. The monoisotopic (exact) mass is 254 g/mol. The number of nitrogens with zero attached hydrogens (tertiary/aromatic N) is 2. The molecule has 0 fully saturated rings. The molecule has 18 heavy (non-hydrogen) atoms. The van der Waals surface area contributed by atoms with E-state index in [1.807, 2.05) is 55.5 Å². The number of rotatable bonds is 1. The summed E-state index contributed by atoms with van der Waals surface area (Å²) >= 11 is 6.24. The molecular weight excluding hydrogens is 244 g/mol. The third-order valence-corrected chi connectivity index (χ3v) is 3.19. The summed E-state index contributed by atoms with van der Waals surface area (Å²) in [4.78, 5) is 9.01. The van der Waals surface area contributed by atoms with Gasteiger partial charge < -0.3 is 0 Å². The minimum absolute atomic E-state index is 0.447. The van der Waals surface area contributed by atoms with Crippen molar-refractivity contribution in [1.82, 2.24) is 9.97 Å². The second-order valence-electron chi connectivity index (χ2n) is 4.17. The van der Waals surface area contributed by atoms with Crippen molar-refractivity contribution in [2.24, 2.45) is 0 Å². The Labute approximate surface area is 110 Å². The zero-order valence-electron chi connectivity index (χ0n) is 9.89. The summed E-state index contributed by atoms with van der Waals surface area (Å²) in [5, 5.41) is 0.447. The Balaban J connectivity index is 2.30. The van der Waals surface area contributed by atoms with Crippen LogP contribution in [0, 0.1) is 6.92 Å². The molecular formula is C15H11ClN2. The first-order chi connectivity index (χ1) is 8.75. The lowest BCUT2D eigenvalue weighted by Gasteiger charge is -2.07. The molecule has 0 bridgehead atoms. The average Bonchev–Trinajstić information content (AvgIpc) is 2.39. The number of aryl methyl sites for hydroxylation is 1. The molecule has 0 unspecified atom stereocenters. The van der Waals surface area contributed by atoms with Gasteiger partial charge in [-0.05, 0) is 24.6 Å². The summed E-state index contributed by atoms with van der Waals surface area (Å²) < 4.78 is 0. The van der Waals surface area contributed by atoms with Gasteiger partial charge >= 0.3 is 0 Å². The van der Waals surface area contributed by atoms with Crippen LogP contribution in [0.5, 0.6) is 0 Å². The molecule has 0 saturated carbocycles. The molecule has 3 aromatic rings. The predicted octanol–water partition coefficient (Wildman–Crippen LogP) is 4.26. The maximum atomic E-state index is 6.24. The van der Waals surface area contributed by atoms with E-state index in [4.69, 9.17) is 11.6 Å². The molecule has 0 spiro atoms.